The number of anilines is 3. The lowest BCUT2D eigenvalue weighted by atomic mass is 10.00. The zero-order chi connectivity index (χ0) is 30.1. The fourth-order valence-corrected chi connectivity index (χ4v) is 5.49. The van der Waals surface area contributed by atoms with E-state index >= 15 is 4.39 Å². The van der Waals surface area contributed by atoms with Gasteiger partial charge in [-0.2, -0.15) is 0 Å². The Kier molecular flexibility index (Phi) is 7.65. The van der Waals surface area contributed by atoms with Crippen molar-refractivity contribution in [1.82, 2.24) is 19.8 Å². The number of rotatable bonds is 8. The van der Waals surface area contributed by atoms with Crippen LogP contribution >= 0.6 is 0 Å². The molecule has 3 aliphatic rings. The molecular weight excluding hydrogens is 560 g/mol. The quantitative estimate of drug-likeness (QED) is 0.376. The highest BCUT2D eigenvalue weighted by Gasteiger charge is 2.57. The topological polar surface area (TPSA) is 134 Å². The highest BCUT2D eigenvalue weighted by molar-refractivity contribution is 6.16. The van der Waals surface area contributed by atoms with Crippen molar-refractivity contribution in [1.29, 1.82) is 0 Å². The monoisotopic (exact) mass is 591 g/mol. The molecule has 1 aliphatic carbocycles. The summed E-state index contributed by atoms with van der Waals surface area (Å²) in [5.74, 6) is -2.75. The molecule has 3 aromatic rings. The molecule has 0 atom stereocenters. The second-order valence-corrected chi connectivity index (χ2v) is 11.1. The fraction of sp³-hybridized carbons (Fsp3) is 0.367. The number of carbonyl (C=O) groups excluding carboxylic acids is 3. The maximum Gasteiger partial charge on any atom is 0.323 e. The summed E-state index contributed by atoms with van der Waals surface area (Å²) >= 11 is 0. The number of carbonyl (C=O) groups is 3. The average Bonchev–Trinajstić information content (AvgIpc) is 3.78. The Bertz CT molecular complexity index is 1540. The molecular formula is C30H31F2N7O4. The summed E-state index contributed by atoms with van der Waals surface area (Å²) in [6, 6.07) is 10.5. The molecule has 11 nitrogen and oxygen atoms in total. The van der Waals surface area contributed by atoms with Crippen LogP contribution in [0.3, 0.4) is 0 Å². The average molecular weight is 592 g/mol. The van der Waals surface area contributed by atoms with E-state index in [2.05, 4.69) is 20.2 Å². The predicted molar refractivity (Wildman–Crippen MR) is 153 cm³/mol. The Morgan fingerprint density at radius 1 is 0.953 bits per heavy atom. The molecule has 6 rings (SSSR count). The Hall–Kier alpha value is -4.65. The van der Waals surface area contributed by atoms with E-state index in [-0.39, 0.29) is 47.7 Å². The molecule has 224 valence electrons. The van der Waals surface area contributed by atoms with Gasteiger partial charge in [-0.15, -0.1) is 0 Å². The van der Waals surface area contributed by atoms with E-state index in [4.69, 9.17) is 10.5 Å². The zero-order valence-electron chi connectivity index (χ0n) is 23.3. The second kappa shape index (κ2) is 11.6. The molecule has 2 aromatic carbocycles. The first-order chi connectivity index (χ1) is 20.7. The zero-order valence-corrected chi connectivity index (χ0v) is 23.3. The number of primary amides is 1. The first-order valence-corrected chi connectivity index (χ1v) is 14.2. The summed E-state index contributed by atoms with van der Waals surface area (Å²) < 4.78 is 34.6. The van der Waals surface area contributed by atoms with Crippen molar-refractivity contribution in [2.45, 2.75) is 38.1 Å². The van der Waals surface area contributed by atoms with Crippen molar-refractivity contribution in [3.63, 3.8) is 0 Å². The van der Waals surface area contributed by atoms with E-state index in [1.165, 1.54) is 43.1 Å². The number of hydrogen-bond donors (Lipinski definition) is 2. The highest BCUT2D eigenvalue weighted by Crippen LogP contribution is 2.49. The molecule has 0 spiro atoms. The molecule has 1 saturated carbocycles. The maximum absolute atomic E-state index is 15.3. The Morgan fingerprint density at radius 3 is 2.26 bits per heavy atom. The number of ether oxygens (including phenoxy) is 1. The van der Waals surface area contributed by atoms with Gasteiger partial charge in [0.25, 0.3) is 0 Å². The van der Waals surface area contributed by atoms with Crippen LogP contribution in [0.15, 0.2) is 54.9 Å². The number of hydrogen-bond acceptors (Lipinski definition) is 7. The van der Waals surface area contributed by atoms with Crippen LogP contribution in [-0.4, -0.2) is 69.8 Å². The summed E-state index contributed by atoms with van der Waals surface area (Å²) in [4.78, 5) is 51.8. The third-order valence-electron chi connectivity index (χ3n) is 8.34. The standard InChI is InChI=1S/C30H31F2N7O4/c31-19-2-4-21(5-3-19)39(28(41)30(10-11-30)27(33)40)22-6-7-24(23(32)16-22)43-26-17-25(34-18-35-26)36-29(42)38-14-8-20(9-15-38)37-12-1-13-37/h2-7,16-18,20H,1,8-15H2,(H2,33,40)(H,34,35,36,42). The number of aromatic nitrogens is 2. The van der Waals surface area contributed by atoms with Crippen molar-refractivity contribution in [3.05, 3.63) is 66.5 Å². The lowest BCUT2D eigenvalue weighted by Gasteiger charge is -2.42. The number of amides is 4. The lowest BCUT2D eigenvalue weighted by molar-refractivity contribution is -0.133. The minimum Gasteiger partial charge on any atom is -0.436 e. The lowest BCUT2D eigenvalue weighted by Crippen LogP contribution is -2.51. The Balaban J connectivity index is 1.15. The van der Waals surface area contributed by atoms with Gasteiger partial charge < -0.3 is 20.3 Å². The molecule has 2 aliphatic heterocycles. The number of nitrogens with two attached hydrogens (primary N) is 1. The number of likely N-dealkylation sites (tertiary alicyclic amines) is 2. The van der Waals surface area contributed by atoms with Crippen molar-refractivity contribution in [3.8, 4) is 11.6 Å². The normalized spacial score (nSPS) is 18.0. The highest BCUT2D eigenvalue weighted by atomic mass is 19.1. The predicted octanol–water partition coefficient (Wildman–Crippen LogP) is 4.18. The van der Waals surface area contributed by atoms with Crippen LogP contribution in [0.1, 0.15) is 32.1 Å². The van der Waals surface area contributed by atoms with Crippen LogP contribution in [-0.2, 0) is 9.59 Å². The largest absolute Gasteiger partial charge is 0.436 e. The van der Waals surface area contributed by atoms with E-state index in [0.29, 0.717) is 19.1 Å². The van der Waals surface area contributed by atoms with Gasteiger partial charge in [-0.25, -0.2) is 23.5 Å². The maximum atomic E-state index is 15.3. The number of halogens is 2. The van der Waals surface area contributed by atoms with Crippen LogP contribution < -0.4 is 20.7 Å². The van der Waals surface area contributed by atoms with Gasteiger partial charge in [-0.05, 0) is 81.6 Å². The van der Waals surface area contributed by atoms with E-state index in [9.17, 15) is 18.8 Å². The summed E-state index contributed by atoms with van der Waals surface area (Å²) in [6.07, 6.45) is 4.82. The van der Waals surface area contributed by atoms with E-state index in [1.807, 2.05) is 0 Å². The molecule has 2 saturated heterocycles. The number of piperidine rings is 1. The van der Waals surface area contributed by atoms with Crippen LogP contribution in [0, 0.1) is 17.0 Å². The molecule has 4 amide bonds. The van der Waals surface area contributed by atoms with Gasteiger partial charge in [0, 0.05) is 37.0 Å². The van der Waals surface area contributed by atoms with Gasteiger partial charge in [-0.3, -0.25) is 19.8 Å². The smallest absolute Gasteiger partial charge is 0.323 e. The third-order valence-corrected chi connectivity index (χ3v) is 8.34. The van der Waals surface area contributed by atoms with Crippen molar-refractivity contribution >= 4 is 35.0 Å². The summed E-state index contributed by atoms with van der Waals surface area (Å²) in [7, 11) is 0. The van der Waals surface area contributed by atoms with Crippen LogP contribution in [0.25, 0.3) is 0 Å². The number of nitrogens with one attached hydrogen (secondary N) is 1. The van der Waals surface area contributed by atoms with E-state index < -0.39 is 28.9 Å². The molecule has 1 aromatic heterocycles. The van der Waals surface area contributed by atoms with Gasteiger partial charge in [0.2, 0.25) is 17.7 Å². The second-order valence-electron chi connectivity index (χ2n) is 11.1. The molecule has 3 N–H and O–H groups in total. The molecule has 43 heavy (non-hydrogen) atoms. The van der Waals surface area contributed by atoms with Crippen LogP contribution in [0.2, 0.25) is 0 Å². The minimum atomic E-state index is -1.40. The third kappa shape index (κ3) is 5.85. The van der Waals surface area contributed by atoms with E-state index in [1.54, 1.807) is 4.90 Å². The number of nitrogens with zero attached hydrogens (tertiary/aromatic N) is 5. The van der Waals surface area contributed by atoms with Crippen molar-refractivity contribution in [2.75, 3.05) is 36.4 Å². The summed E-state index contributed by atoms with van der Waals surface area (Å²) in [6.45, 7) is 3.56. The molecule has 0 unspecified atom stereocenters. The van der Waals surface area contributed by atoms with Gasteiger partial charge in [-0.1, -0.05) is 0 Å². The van der Waals surface area contributed by atoms with Crippen molar-refractivity contribution in [2.24, 2.45) is 11.1 Å². The summed E-state index contributed by atoms with van der Waals surface area (Å²) in [5, 5.41) is 2.75. The van der Waals surface area contributed by atoms with Crippen molar-refractivity contribution < 1.29 is 27.9 Å². The Morgan fingerprint density at radius 2 is 1.65 bits per heavy atom. The van der Waals surface area contributed by atoms with Gasteiger partial charge >= 0.3 is 6.03 Å². The van der Waals surface area contributed by atoms with Crippen LogP contribution in [0.4, 0.5) is 30.8 Å². The molecule has 0 bridgehead atoms. The first-order valence-electron chi connectivity index (χ1n) is 14.2. The number of benzene rings is 2. The van der Waals surface area contributed by atoms with Gasteiger partial charge in [0.05, 0.1) is 5.69 Å². The van der Waals surface area contributed by atoms with E-state index in [0.717, 1.165) is 49.0 Å². The van der Waals surface area contributed by atoms with Gasteiger partial charge in [0.15, 0.2) is 11.6 Å². The minimum absolute atomic E-state index is 0.00873. The van der Waals surface area contributed by atoms with Crippen LogP contribution in [0.5, 0.6) is 11.6 Å². The molecule has 13 heteroatoms. The number of urea groups is 1. The Labute approximate surface area is 246 Å². The molecule has 0 radical (unpaired) electrons. The fourth-order valence-electron chi connectivity index (χ4n) is 5.49. The first kappa shape index (κ1) is 28.5. The summed E-state index contributed by atoms with van der Waals surface area (Å²) in [5.41, 5.74) is 4.46. The molecule has 3 heterocycles. The SMILES string of the molecule is NC(=O)C1(C(=O)N(c2ccc(F)cc2)c2ccc(Oc3cc(NC(=O)N4CCC(N5CCC5)CC4)ncn3)c(F)c2)CC1. The molecule has 3 fully saturated rings. The van der Waals surface area contributed by atoms with Gasteiger partial charge in [0.1, 0.15) is 23.4 Å².